The van der Waals surface area contributed by atoms with E-state index in [4.69, 9.17) is 14.5 Å². The highest BCUT2D eigenvalue weighted by atomic mass is 16.5. The van der Waals surface area contributed by atoms with Gasteiger partial charge in [0.25, 0.3) is 5.91 Å². The third kappa shape index (κ3) is 4.98. The first-order valence-electron chi connectivity index (χ1n) is 13.2. The average molecular weight is 497 g/mol. The van der Waals surface area contributed by atoms with Gasteiger partial charge in [-0.25, -0.2) is 4.98 Å². The van der Waals surface area contributed by atoms with Crippen molar-refractivity contribution in [1.29, 1.82) is 0 Å². The molecule has 1 saturated carbocycles. The number of hydrogen-bond acceptors (Lipinski definition) is 6. The number of piperidine rings is 1. The maximum absolute atomic E-state index is 13.8. The van der Waals surface area contributed by atoms with E-state index < -0.39 is 0 Å². The number of aromatic nitrogens is 2. The zero-order valence-corrected chi connectivity index (χ0v) is 21.3. The molecule has 1 atom stereocenters. The molecule has 1 aliphatic carbocycles. The fourth-order valence-electron chi connectivity index (χ4n) is 6.02. The first-order valence-corrected chi connectivity index (χ1v) is 13.2. The predicted octanol–water partition coefficient (Wildman–Crippen LogP) is 3.97. The second kappa shape index (κ2) is 10.6. The number of rotatable bonds is 6. The van der Waals surface area contributed by atoms with Gasteiger partial charge < -0.3 is 24.3 Å². The SMILES string of the molecule is COC(=O)C1CCN(C(=O)c2cc(NC(=O)CC3CCCC3)cc3nc(C4CCCO4)n(C)c23)CC1. The van der Waals surface area contributed by atoms with Crippen molar-refractivity contribution in [2.45, 2.75) is 63.9 Å². The molecule has 5 rings (SSSR count). The van der Waals surface area contributed by atoms with Crippen LogP contribution < -0.4 is 5.32 Å². The normalized spacial score (nSPS) is 21.3. The van der Waals surface area contributed by atoms with Gasteiger partial charge in [-0.05, 0) is 56.6 Å². The summed E-state index contributed by atoms with van der Waals surface area (Å²) < 4.78 is 12.7. The van der Waals surface area contributed by atoms with Crippen molar-refractivity contribution in [1.82, 2.24) is 14.5 Å². The molecule has 1 unspecified atom stereocenters. The lowest BCUT2D eigenvalue weighted by molar-refractivity contribution is -0.146. The Labute approximate surface area is 211 Å². The summed E-state index contributed by atoms with van der Waals surface area (Å²) in [5.41, 5.74) is 2.53. The Morgan fingerprint density at radius 3 is 2.50 bits per heavy atom. The number of methoxy groups -OCH3 is 1. The van der Waals surface area contributed by atoms with Gasteiger partial charge in [-0.15, -0.1) is 0 Å². The number of benzene rings is 1. The third-order valence-electron chi connectivity index (χ3n) is 8.00. The minimum absolute atomic E-state index is 0.0196. The highest BCUT2D eigenvalue weighted by Crippen LogP contribution is 2.34. The molecule has 3 fully saturated rings. The Hall–Kier alpha value is -2.94. The van der Waals surface area contributed by atoms with Crippen molar-refractivity contribution in [3.63, 3.8) is 0 Å². The van der Waals surface area contributed by atoms with Gasteiger partial charge in [-0.2, -0.15) is 0 Å². The van der Waals surface area contributed by atoms with E-state index >= 15 is 0 Å². The lowest BCUT2D eigenvalue weighted by Gasteiger charge is -2.31. The van der Waals surface area contributed by atoms with Crippen LogP contribution in [0.5, 0.6) is 0 Å². The second-order valence-electron chi connectivity index (χ2n) is 10.4. The number of imidazole rings is 1. The van der Waals surface area contributed by atoms with E-state index in [-0.39, 0.29) is 29.8 Å². The Balaban J connectivity index is 1.44. The fourth-order valence-corrected chi connectivity index (χ4v) is 6.02. The van der Waals surface area contributed by atoms with E-state index in [1.165, 1.54) is 20.0 Å². The summed E-state index contributed by atoms with van der Waals surface area (Å²) in [6, 6.07) is 3.64. The van der Waals surface area contributed by atoms with Crippen molar-refractivity contribution >= 4 is 34.5 Å². The molecule has 2 saturated heterocycles. The molecule has 9 heteroatoms. The van der Waals surface area contributed by atoms with Crippen molar-refractivity contribution in [3.05, 3.63) is 23.5 Å². The van der Waals surface area contributed by atoms with Crippen LogP contribution in [0.3, 0.4) is 0 Å². The maximum Gasteiger partial charge on any atom is 0.308 e. The Morgan fingerprint density at radius 1 is 1.08 bits per heavy atom. The van der Waals surface area contributed by atoms with E-state index in [0.717, 1.165) is 37.0 Å². The minimum atomic E-state index is -0.218. The van der Waals surface area contributed by atoms with Crippen molar-refractivity contribution in [2.24, 2.45) is 18.9 Å². The van der Waals surface area contributed by atoms with Crippen LogP contribution in [0.2, 0.25) is 0 Å². The number of anilines is 1. The van der Waals surface area contributed by atoms with Crippen LogP contribution in [0.1, 0.15) is 80.1 Å². The smallest absolute Gasteiger partial charge is 0.308 e. The molecule has 2 aromatic rings. The summed E-state index contributed by atoms with van der Waals surface area (Å²) in [7, 11) is 3.32. The molecule has 194 valence electrons. The molecule has 1 aromatic carbocycles. The second-order valence-corrected chi connectivity index (χ2v) is 10.4. The maximum atomic E-state index is 13.8. The molecule has 2 amide bonds. The highest BCUT2D eigenvalue weighted by molar-refractivity contribution is 6.07. The van der Waals surface area contributed by atoms with Crippen LogP contribution >= 0.6 is 0 Å². The number of esters is 1. The molecule has 9 nitrogen and oxygen atoms in total. The summed E-state index contributed by atoms with van der Waals surface area (Å²) in [6.45, 7) is 1.67. The number of nitrogens with zero attached hydrogens (tertiary/aromatic N) is 3. The van der Waals surface area contributed by atoms with Crippen molar-refractivity contribution in [2.75, 3.05) is 32.1 Å². The number of carbonyl (C=O) groups excluding carboxylic acids is 3. The quantitative estimate of drug-likeness (QED) is 0.607. The molecule has 3 aliphatic rings. The van der Waals surface area contributed by atoms with E-state index in [1.807, 2.05) is 17.7 Å². The Kier molecular flexibility index (Phi) is 7.27. The first kappa shape index (κ1) is 24.7. The minimum Gasteiger partial charge on any atom is -0.469 e. The van der Waals surface area contributed by atoms with Crippen LogP contribution in [-0.4, -0.2) is 59.0 Å². The number of hydrogen-bond donors (Lipinski definition) is 1. The summed E-state index contributed by atoms with van der Waals surface area (Å²) in [5, 5.41) is 3.04. The van der Waals surface area contributed by atoms with Crippen LogP contribution in [-0.2, 0) is 26.1 Å². The van der Waals surface area contributed by atoms with E-state index in [2.05, 4.69) is 5.32 Å². The number of nitrogens with one attached hydrogen (secondary N) is 1. The van der Waals surface area contributed by atoms with Gasteiger partial charge in [-0.3, -0.25) is 14.4 Å². The molecule has 36 heavy (non-hydrogen) atoms. The summed E-state index contributed by atoms with van der Waals surface area (Å²) in [6.07, 6.45) is 8.02. The molecule has 0 radical (unpaired) electrons. The molecule has 0 spiro atoms. The van der Waals surface area contributed by atoms with Gasteiger partial charge in [0.05, 0.1) is 29.6 Å². The topological polar surface area (TPSA) is 103 Å². The lowest BCUT2D eigenvalue weighted by Crippen LogP contribution is -2.40. The molecule has 3 heterocycles. The molecule has 1 N–H and O–H groups in total. The summed E-state index contributed by atoms with van der Waals surface area (Å²) >= 11 is 0. The largest absolute Gasteiger partial charge is 0.469 e. The number of fused-ring (bicyclic) bond motifs is 1. The van der Waals surface area contributed by atoms with Crippen LogP contribution in [0, 0.1) is 11.8 Å². The van der Waals surface area contributed by atoms with Gasteiger partial charge in [0.2, 0.25) is 5.91 Å². The van der Waals surface area contributed by atoms with Gasteiger partial charge in [0.1, 0.15) is 11.9 Å². The van der Waals surface area contributed by atoms with E-state index in [9.17, 15) is 14.4 Å². The number of likely N-dealkylation sites (tertiary alicyclic amines) is 1. The average Bonchev–Trinajstić information content (AvgIpc) is 3.65. The van der Waals surface area contributed by atoms with Crippen LogP contribution in [0.4, 0.5) is 5.69 Å². The monoisotopic (exact) mass is 496 g/mol. The molecular formula is C27H36N4O5. The molecular weight excluding hydrogens is 460 g/mol. The van der Waals surface area contributed by atoms with Gasteiger partial charge in [-0.1, -0.05) is 12.8 Å². The van der Waals surface area contributed by atoms with Gasteiger partial charge in [0.15, 0.2) is 0 Å². The van der Waals surface area contributed by atoms with Gasteiger partial charge >= 0.3 is 5.97 Å². The third-order valence-corrected chi connectivity index (χ3v) is 8.00. The summed E-state index contributed by atoms with van der Waals surface area (Å²) in [5.74, 6) is 0.709. The number of ether oxygens (including phenoxy) is 2. The van der Waals surface area contributed by atoms with Crippen LogP contribution in [0.15, 0.2) is 12.1 Å². The zero-order valence-electron chi connectivity index (χ0n) is 21.3. The predicted molar refractivity (Wildman–Crippen MR) is 134 cm³/mol. The summed E-state index contributed by atoms with van der Waals surface area (Å²) in [4.78, 5) is 45.2. The van der Waals surface area contributed by atoms with Crippen molar-refractivity contribution in [3.8, 4) is 0 Å². The Bertz CT molecular complexity index is 1140. The lowest BCUT2D eigenvalue weighted by atomic mass is 9.96. The number of aryl methyl sites for hydroxylation is 1. The van der Waals surface area contributed by atoms with Crippen LogP contribution in [0.25, 0.3) is 11.0 Å². The number of amides is 2. The molecule has 0 bridgehead atoms. The van der Waals surface area contributed by atoms with E-state index in [0.29, 0.717) is 61.6 Å². The molecule has 1 aromatic heterocycles. The first-order chi connectivity index (χ1) is 17.4. The standard InChI is InChI=1S/C27H36N4O5/c1-30-24-20(26(33)31-11-9-18(10-12-31)27(34)35-2)15-19(28-23(32)14-17-6-3-4-7-17)16-21(24)29-25(30)22-8-5-13-36-22/h15-18,22H,3-14H2,1-2H3,(H,28,32). The fraction of sp³-hybridized carbons (Fsp3) is 0.630. The highest BCUT2D eigenvalue weighted by Gasteiger charge is 2.31. The molecule has 2 aliphatic heterocycles. The Morgan fingerprint density at radius 2 is 1.83 bits per heavy atom. The van der Waals surface area contributed by atoms with E-state index in [1.54, 1.807) is 11.0 Å². The number of carbonyl (C=O) groups is 3. The van der Waals surface area contributed by atoms with Gasteiger partial charge in [0, 0.05) is 38.9 Å². The zero-order chi connectivity index (χ0) is 25.2. The van der Waals surface area contributed by atoms with Crippen molar-refractivity contribution < 1.29 is 23.9 Å².